The van der Waals surface area contributed by atoms with Gasteiger partial charge in [0.1, 0.15) is 11.6 Å². The van der Waals surface area contributed by atoms with Crippen LogP contribution in [0, 0.1) is 32.1 Å². The van der Waals surface area contributed by atoms with Crippen LogP contribution < -0.4 is 10.6 Å². The van der Waals surface area contributed by atoms with E-state index in [1.165, 1.54) is 11.8 Å². The van der Waals surface area contributed by atoms with Crippen molar-refractivity contribution in [3.05, 3.63) is 40.6 Å². The van der Waals surface area contributed by atoms with Crippen molar-refractivity contribution in [1.82, 2.24) is 10.2 Å². The number of nitrogens with one attached hydrogen (secondary N) is 2. The molecule has 0 bridgehead atoms. The van der Waals surface area contributed by atoms with Gasteiger partial charge in [-0.25, -0.2) is 0 Å². The maximum atomic E-state index is 12.2. The lowest BCUT2D eigenvalue weighted by Gasteiger charge is -2.15. The summed E-state index contributed by atoms with van der Waals surface area (Å²) in [7, 11) is 0. The fourth-order valence-corrected chi connectivity index (χ4v) is 3.21. The van der Waals surface area contributed by atoms with Gasteiger partial charge in [0.2, 0.25) is 5.91 Å². The minimum atomic E-state index is -0.407. The Kier molecular flexibility index (Phi) is 6.79. The second-order valence-electron chi connectivity index (χ2n) is 6.68. The Morgan fingerprint density at radius 3 is 2.58 bits per heavy atom. The molecule has 1 aromatic carbocycles. The van der Waals surface area contributed by atoms with Crippen LogP contribution in [0.4, 0.5) is 5.69 Å². The molecule has 0 spiro atoms. The highest BCUT2D eigenvalue weighted by atomic mass is 16.2. The molecule has 1 aliphatic rings. The van der Waals surface area contributed by atoms with Crippen LogP contribution in [0.15, 0.2) is 23.9 Å². The number of nitrogens with zero attached hydrogens (tertiary/aromatic N) is 2. The summed E-state index contributed by atoms with van der Waals surface area (Å²) in [4.78, 5) is 25.5. The van der Waals surface area contributed by atoms with Gasteiger partial charge in [0, 0.05) is 37.9 Å². The van der Waals surface area contributed by atoms with Gasteiger partial charge in [0.15, 0.2) is 0 Å². The van der Waals surface area contributed by atoms with E-state index in [0.29, 0.717) is 25.9 Å². The topological polar surface area (TPSA) is 85.2 Å². The van der Waals surface area contributed by atoms with Crippen molar-refractivity contribution in [2.45, 2.75) is 40.0 Å². The number of likely N-dealkylation sites (tertiary alicyclic amines) is 1. The Bertz CT molecular complexity index is 739. The molecule has 0 atom stereocenters. The van der Waals surface area contributed by atoms with Crippen molar-refractivity contribution in [3.8, 4) is 6.07 Å². The van der Waals surface area contributed by atoms with Crippen LogP contribution >= 0.6 is 0 Å². The number of hydrogen-bond donors (Lipinski definition) is 2. The first-order valence-corrected chi connectivity index (χ1v) is 8.93. The van der Waals surface area contributed by atoms with Crippen molar-refractivity contribution >= 4 is 17.5 Å². The van der Waals surface area contributed by atoms with Crippen molar-refractivity contribution < 1.29 is 9.59 Å². The van der Waals surface area contributed by atoms with Crippen LogP contribution in [0.25, 0.3) is 0 Å². The van der Waals surface area contributed by atoms with Crippen molar-refractivity contribution in [2.75, 3.05) is 25.0 Å². The number of rotatable bonds is 7. The van der Waals surface area contributed by atoms with E-state index in [1.807, 2.05) is 31.7 Å². The third kappa shape index (κ3) is 5.09. The maximum Gasteiger partial charge on any atom is 0.263 e. The molecule has 0 aliphatic carbocycles. The minimum absolute atomic E-state index is 0.0293. The molecule has 138 valence electrons. The quantitative estimate of drug-likeness (QED) is 0.448. The Morgan fingerprint density at radius 2 is 2.00 bits per heavy atom. The second-order valence-corrected chi connectivity index (χ2v) is 6.68. The van der Waals surface area contributed by atoms with Gasteiger partial charge >= 0.3 is 0 Å². The van der Waals surface area contributed by atoms with Crippen LogP contribution in [0.1, 0.15) is 36.0 Å². The third-order valence-electron chi connectivity index (χ3n) is 4.46. The molecule has 1 aromatic rings. The lowest BCUT2D eigenvalue weighted by molar-refractivity contribution is -0.127. The first-order chi connectivity index (χ1) is 12.4. The van der Waals surface area contributed by atoms with E-state index in [2.05, 4.69) is 22.8 Å². The van der Waals surface area contributed by atoms with Gasteiger partial charge in [-0.15, -0.1) is 0 Å². The molecule has 2 rings (SSSR count). The van der Waals surface area contributed by atoms with Gasteiger partial charge in [-0.3, -0.25) is 9.59 Å². The molecule has 1 fully saturated rings. The molecule has 1 heterocycles. The summed E-state index contributed by atoms with van der Waals surface area (Å²) in [5, 5.41) is 15.1. The molecule has 1 aliphatic heterocycles. The number of amides is 2. The number of anilines is 1. The standard InChI is InChI=1S/C20H26N4O2/c1-14-10-15(2)19(16(3)11-14)23-13-17(12-21)20(26)22-7-5-9-24-8-4-6-18(24)25/h10-11,13,23H,4-9H2,1-3H3,(H,22,26)/b17-13-. The fraction of sp³-hybridized carbons (Fsp3) is 0.450. The predicted molar refractivity (Wildman–Crippen MR) is 101 cm³/mol. The number of nitriles is 1. The van der Waals surface area contributed by atoms with Crippen molar-refractivity contribution in [3.63, 3.8) is 0 Å². The maximum absolute atomic E-state index is 12.2. The SMILES string of the molecule is Cc1cc(C)c(N/C=C(/C#N)C(=O)NCCCN2CCCC2=O)c(C)c1. The number of carbonyl (C=O) groups excluding carboxylic acids is 2. The Morgan fingerprint density at radius 1 is 1.31 bits per heavy atom. The van der Waals surface area contributed by atoms with Gasteiger partial charge < -0.3 is 15.5 Å². The molecule has 1 saturated heterocycles. The number of aryl methyl sites for hydroxylation is 3. The molecule has 0 saturated carbocycles. The van der Waals surface area contributed by atoms with Crippen LogP contribution in [0.5, 0.6) is 0 Å². The number of carbonyl (C=O) groups is 2. The van der Waals surface area contributed by atoms with Crippen LogP contribution in [0.2, 0.25) is 0 Å². The van der Waals surface area contributed by atoms with E-state index < -0.39 is 5.91 Å². The molecule has 0 aromatic heterocycles. The number of benzene rings is 1. The number of hydrogen-bond acceptors (Lipinski definition) is 4. The summed E-state index contributed by atoms with van der Waals surface area (Å²) >= 11 is 0. The van der Waals surface area contributed by atoms with E-state index in [9.17, 15) is 14.9 Å². The van der Waals surface area contributed by atoms with Gasteiger partial charge in [0.05, 0.1) is 0 Å². The highest BCUT2D eigenvalue weighted by molar-refractivity contribution is 5.97. The monoisotopic (exact) mass is 354 g/mol. The summed E-state index contributed by atoms with van der Waals surface area (Å²) < 4.78 is 0. The smallest absolute Gasteiger partial charge is 0.263 e. The largest absolute Gasteiger partial charge is 0.360 e. The Labute approximate surface area is 154 Å². The third-order valence-corrected chi connectivity index (χ3v) is 4.46. The normalized spacial score (nSPS) is 14.3. The molecule has 6 nitrogen and oxygen atoms in total. The molecule has 2 N–H and O–H groups in total. The van der Waals surface area contributed by atoms with Gasteiger partial charge in [-0.05, 0) is 44.7 Å². The lowest BCUT2D eigenvalue weighted by Crippen LogP contribution is -2.31. The van der Waals surface area contributed by atoms with E-state index in [0.717, 1.165) is 29.8 Å². The summed E-state index contributed by atoms with van der Waals surface area (Å²) in [6, 6.07) is 6.03. The first kappa shape index (κ1) is 19.5. The first-order valence-electron chi connectivity index (χ1n) is 8.93. The predicted octanol–water partition coefficient (Wildman–Crippen LogP) is 2.56. The Hall–Kier alpha value is -2.81. The van der Waals surface area contributed by atoms with E-state index in [1.54, 1.807) is 0 Å². The highest BCUT2D eigenvalue weighted by Gasteiger charge is 2.19. The van der Waals surface area contributed by atoms with Gasteiger partial charge in [-0.1, -0.05) is 17.7 Å². The zero-order valence-electron chi connectivity index (χ0n) is 15.7. The van der Waals surface area contributed by atoms with Crippen molar-refractivity contribution in [1.29, 1.82) is 5.26 Å². The summed E-state index contributed by atoms with van der Waals surface area (Å²) in [6.45, 7) is 7.89. The van der Waals surface area contributed by atoms with E-state index >= 15 is 0 Å². The van der Waals surface area contributed by atoms with Crippen LogP contribution in [-0.2, 0) is 9.59 Å². The fourth-order valence-electron chi connectivity index (χ4n) is 3.21. The molecule has 2 amide bonds. The molecule has 0 radical (unpaired) electrons. The van der Waals surface area contributed by atoms with E-state index in [4.69, 9.17) is 0 Å². The average Bonchev–Trinajstić information content (AvgIpc) is 2.99. The minimum Gasteiger partial charge on any atom is -0.360 e. The van der Waals surface area contributed by atoms with Crippen LogP contribution in [0.3, 0.4) is 0 Å². The average molecular weight is 354 g/mol. The molecule has 6 heteroatoms. The van der Waals surface area contributed by atoms with Crippen LogP contribution in [-0.4, -0.2) is 36.3 Å². The molecule has 0 unspecified atom stereocenters. The summed E-state index contributed by atoms with van der Waals surface area (Å²) in [6.07, 6.45) is 3.66. The summed E-state index contributed by atoms with van der Waals surface area (Å²) in [5.74, 6) is -0.225. The van der Waals surface area contributed by atoms with E-state index in [-0.39, 0.29) is 11.5 Å². The summed E-state index contributed by atoms with van der Waals surface area (Å²) in [5.41, 5.74) is 4.23. The lowest BCUT2D eigenvalue weighted by atomic mass is 10.1. The Balaban J connectivity index is 1.87. The zero-order valence-corrected chi connectivity index (χ0v) is 15.7. The van der Waals surface area contributed by atoms with Crippen molar-refractivity contribution in [2.24, 2.45) is 0 Å². The zero-order chi connectivity index (χ0) is 19.1. The molecular formula is C20H26N4O2. The molecular weight excluding hydrogens is 328 g/mol. The second kappa shape index (κ2) is 9.04. The molecule has 26 heavy (non-hydrogen) atoms. The van der Waals surface area contributed by atoms with Gasteiger partial charge in [-0.2, -0.15) is 5.26 Å². The highest BCUT2D eigenvalue weighted by Crippen LogP contribution is 2.22. The van der Waals surface area contributed by atoms with Gasteiger partial charge in [0.25, 0.3) is 5.91 Å².